The molecule has 1 atom stereocenters. The van der Waals surface area contributed by atoms with Crippen LogP contribution in [0.4, 0.5) is 0 Å². The molecule has 0 bridgehead atoms. The minimum absolute atomic E-state index is 0.0266. The Hall–Kier alpha value is -0.170. The first kappa shape index (κ1) is 11.3. The lowest BCUT2D eigenvalue weighted by Gasteiger charge is -2.26. The van der Waals surface area contributed by atoms with Crippen molar-refractivity contribution in [3.8, 4) is 0 Å². The summed E-state index contributed by atoms with van der Waals surface area (Å²) >= 11 is 0. The summed E-state index contributed by atoms with van der Waals surface area (Å²) in [7, 11) is -1.68. The molecule has 0 saturated heterocycles. The fourth-order valence-corrected chi connectivity index (χ4v) is 3.23. The number of likely N-dealkylation sites (N-methyl/N-ethyl adjacent to an activating group) is 1. The Bertz CT molecular complexity index is 322. The molecule has 0 aromatic carbocycles. The van der Waals surface area contributed by atoms with Gasteiger partial charge in [0.15, 0.2) is 0 Å². The highest BCUT2D eigenvalue weighted by molar-refractivity contribution is 7.87. The number of hydrogen-bond acceptors (Lipinski definition) is 3. The smallest absolute Gasteiger partial charge is 0.279 e. The average Bonchev–Trinajstić information content (AvgIpc) is 2.96. The average molecular weight is 233 g/mol. The van der Waals surface area contributed by atoms with Crippen LogP contribution in [0.5, 0.6) is 0 Å². The van der Waals surface area contributed by atoms with Gasteiger partial charge in [0.25, 0.3) is 10.2 Å². The Balaban J connectivity index is 1.99. The molecule has 2 rings (SSSR count). The molecule has 0 aliphatic heterocycles. The zero-order valence-electron chi connectivity index (χ0n) is 9.02. The molecule has 2 saturated carbocycles. The SMILES string of the molecule is CN(C(CN)C1CC1)S(=O)(=O)NC1CC1. The van der Waals surface area contributed by atoms with E-state index in [9.17, 15) is 8.42 Å². The van der Waals surface area contributed by atoms with Crippen LogP contribution in [0.2, 0.25) is 0 Å². The third-order valence-electron chi connectivity index (χ3n) is 3.15. The van der Waals surface area contributed by atoms with Crippen molar-refractivity contribution in [1.29, 1.82) is 0 Å². The van der Waals surface area contributed by atoms with Crippen molar-refractivity contribution in [2.75, 3.05) is 13.6 Å². The van der Waals surface area contributed by atoms with Gasteiger partial charge in [-0.25, -0.2) is 0 Å². The number of nitrogens with one attached hydrogen (secondary N) is 1. The van der Waals surface area contributed by atoms with E-state index in [1.54, 1.807) is 7.05 Å². The van der Waals surface area contributed by atoms with Gasteiger partial charge in [0.05, 0.1) is 0 Å². The van der Waals surface area contributed by atoms with Crippen LogP contribution < -0.4 is 10.5 Å². The fraction of sp³-hybridized carbons (Fsp3) is 1.00. The molecule has 5 nitrogen and oxygen atoms in total. The van der Waals surface area contributed by atoms with Crippen molar-refractivity contribution in [3.63, 3.8) is 0 Å². The van der Waals surface area contributed by atoms with Crippen molar-refractivity contribution >= 4 is 10.2 Å². The lowest BCUT2D eigenvalue weighted by Crippen LogP contribution is -2.48. The molecule has 2 fully saturated rings. The van der Waals surface area contributed by atoms with Gasteiger partial charge in [-0.15, -0.1) is 0 Å². The first-order valence-electron chi connectivity index (χ1n) is 5.50. The monoisotopic (exact) mass is 233 g/mol. The molecule has 2 aliphatic rings. The second-order valence-electron chi connectivity index (χ2n) is 4.55. The molecule has 2 aliphatic carbocycles. The van der Waals surface area contributed by atoms with E-state index in [4.69, 9.17) is 5.73 Å². The molecule has 15 heavy (non-hydrogen) atoms. The van der Waals surface area contributed by atoms with Gasteiger partial charge in [-0.1, -0.05) is 0 Å². The summed E-state index contributed by atoms with van der Waals surface area (Å²) in [5.41, 5.74) is 5.62. The number of nitrogens with two attached hydrogens (primary N) is 1. The summed E-state index contributed by atoms with van der Waals surface area (Å²) < 4.78 is 27.8. The second kappa shape index (κ2) is 4.01. The Labute approximate surface area is 91.2 Å². The molecule has 0 radical (unpaired) electrons. The van der Waals surface area contributed by atoms with Crippen LogP contribution in [0, 0.1) is 5.92 Å². The summed E-state index contributed by atoms with van der Waals surface area (Å²) in [5, 5.41) is 0. The molecule has 0 spiro atoms. The van der Waals surface area contributed by atoms with E-state index in [2.05, 4.69) is 4.72 Å². The van der Waals surface area contributed by atoms with Crippen molar-refractivity contribution in [2.45, 2.75) is 37.8 Å². The summed E-state index contributed by atoms with van der Waals surface area (Å²) in [6.07, 6.45) is 4.13. The maximum Gasteiger partial charge on any atom is 0.279 e. The van der Waals surface area contributed by atoms with Gasteiger partial charge in [-0.3, -0.25) is 0 Å². The normalized spacial score (nSPS) is 24.5. The van der Waals surface area contributed by atoms with Crippen LogP contribution in [-0.2, 0) is 10.2 Å². The van der Waals surface area contributed by atoms with Gasteiger partial charge < -0.3 is 5.73 Å². The lowest BCUT2D eigenvalue weighted by atomic mass is 10.2. The van der Waals surface area contributed by atoms with Gasteiger partial charge in [-0.05, 0) is 31.6 Å². The standard InChI is InChI=1S/C9H19N3O2S/c1-12(9(6-10)7-2-3-7)15(13,14)11-8-4-5-8/h7-9,11H,2-6,10H2,1H3. The Morgan fingerprint density at radius 3 is 2.40 bits per heavy atom. The lowest BCUT2D eigenvalue weighted by molar-refractivity contribution is 0.335. The van der Waals surface area contributed by atoms with Crippen LogP contribution >= 0.6 is 0 Å². The number of hydrogen-bond donors (Lipinski definition) is 2. The van der Waals surface area contributed by atoms with E-state index in [1.807, 2.05) is 0 Å². The quantitative estimate of drug-likeness (QED) is 0.658. The molecule has 0 heterocycles. The zero-order valence-corrected chi connectivity index (χ0v) is 9.83. The van der Waals surface area contributed by atoms with Gasteiger partial charge in [0.1, 0.15) is 0 Å². The molecular weight excluding hydrogens is 214 g/mol. The molecule has 0 aromatic heterocycles. The number of nitrogens with zero attached hydrogens (tertiary/aromatic N) is 1. The van der Waals surface area contributed by atoms with Crippen LogP contribution in [0.1, 0.15) is 25.7 Å². The van der Waals surface area contributed by atoms with Gasteiger partial charge in [-0.2, -0.15) is 17.4 Å². The zero-order chi connectivity index (χ0) is 11.1. The van der Waals surface area contributed by atoms with E-state index in [0.717, 1.165) is 25.7 Å². The van der Waals surface area contributed by atoms with E-state index in [0.29, 0.717) is 12.5 Å². The highest BCUT2D eigenvalue weighted by Gasteiger charge is 2.39. The maximum atomic E-state index is 11.9. The molecule has 88 valence electrons. The predicted molar refractivity (Wildman–Crippen MR) is 58.4 cm³/mol. The van der Waals surface area contributed by atoms with Crippen LogP contribution in [-0.4, -0.2) is 38.4 Å². The second-order valence-corrected chi connectivity index (χ2v) is 6.32. The minimum Gasteiger partial charge on any atom is -0.329 e. The summed E-state index contributed by atoms with van der Waals surface area (Å²) in [6.45, 7) is 0.409. The molecule has 6 heteroatoms. The van der Waals surface area contributed by atoms with Gasteiger partial charge in [0.2, 0.25) is 0 Å². The Kier molecular flexibility index (Phi) is 3.03. The van der Waals surface area contributed by atoms with E-state index in [1.165, 1.54) is 4.31 Å². The van der Waals surface area contributed by atoms with Crippen molar-refractivity contribution < 1.29 is 8.42 Å². The summed E-state index contributed by atoms with van der Waals surface area (Å²) in [6, 6.07) is 0.135. The van der Waals surface area contributed by atoms with E-state index < -0.39 is 10.2 Å². The first-order chi connectivity index (χ1) is 7.04. The van der Waals surface area contributed by atoms with Crippen molar-refractivity contribution in [2.24, 2.45) is 11.7 Å². The molecule has 1 unspecified atom stereocenters. The molecular formula is C9H19N3O2S. The highest BCUT2D eigenvalue weighted by Crippen LogP contribution is 2.35. The third-order valence-corrected chi connectivity index (χ3v) is 4.81. The van der Waals surface area contributed by atoms with Crippen molar-refractivity contribution in [3.05, 3.63) is 0 Å². The van der Waals surface area contributed by atoms with E-state index in [-0.39, 0.29) is 12.1 Å². The Morgan fingerprint density at radius 1 is 1.40 bits per heavy atom. The minimum atomic E-state index is -3.31. The first-order valence-corrected chi connectivity index (χ1v) is 6.94. The summed E-state index contributed by atoms with van der Waals surface area (Å²) in [5.74, 6) is 0.468. The van der Waals surface area contributed by atoms with Crippen LogP contribution in [0.25, 0.3) is 0 Å². The molecule has 0 amide bonds. The molecule has 0 aromatic rings. The highest BCUT2D eigenvalue weighted by atomic mass is 32.2. The van der Waals surface area contributed by atoms with Crippen molar-refractivity contribution in [1.82, 2.24) is 9.03 Å². The fourth-order valence-electron chi connectivity index (χ4n) is 1.79. The predicted octanol–water partition coefficient (Wildman–Crippen LogP) is -0.348. The Morgan fingerprint density at radius 2 is 2.00 bits per heavy atom. The third kappa shape index (κ3) is 2.69. The van der Waals surface area contributed by atoms with Gasteiger partial charge >= 0.3 is 0 Å². The largest absolute Gasteiger partial charge is 0.329 e. The van der Waals surface area contributed by atoms with Crippen LogP contribution in [0.3, 0.4) is 0 Å². The van der Waals surface area contributed by atoms with Gasteiger partial charge in [0, 0.05) is 25.7 Å². The maximum absolute atomic E-state index is 11.9. The van der Waals surface area contributed by atoms with Crippen LogP contribution in [0.15, 0.2) is 0 Å². The number of rotatable bonds is 6. The van der Waals surface area contributed by atoms with E-state index >= 15 is 0 Å². The molecule has 3 N–H and O–H groups in total. The summed E-state index contributed by atoms with van der Waals surface area (Å²) in [4.78, 5) is 0. The topological polar surface area (TPSA) is 75.4 Å².